The highest BCUT2D eigenvalue weighted by molar-refractivity contribution is 7.19. The van der Waals surface area contributed by atoms with Gasteiger partial charge in [-0.05, 0) is 25.0 Å². The van der Waals surface area contributed by atoms with Crippen LogP contribution in [-0.2, 0) is 17.7 Å². The van der Waals surface area contributed by atoms with Gasteiger partial charge >= 0.3 is 5.97 Å². The van der Waals surface area contributed by atoms with Crippen molar-refractivity contribution in [3.05, 3.63) is 52.9 Å². The molecule has 0 radical (unpaired) electrons. The Morgan fingerprint density at radius 2 is 2.29 bits per heavy atom. The van der Waals surface area contributed by atoms with Gasteiger partial charge in [0.25, 0.3) is 0 Å². The molecule has 0 spiro atoms. The molecule has 0 aliphatic heterocycles. The second kappa shape index (κ2) is 5.69. The lowest BCUT2D eigenvalue weighted by Crippen LogP contribution is -2.01. The van der Waals surface area contributed by atoms with Crippen molar-refractivity contribution < 1.29 is 9.53 Å². The van der Waals surface area contributed by atoms with Crippen molar-refractivity contribution in [3.8, 4) is 0 Å². The zero-order chi connectivity index (χ0) is 14.8. The number of carbonyl (C=O) groups excluding carboxylic acids is 1. The van der Waals surface area contributed by atoms with Gasteiger partial charge in [-0.2, -0.15) is 0 Å². The van der Waals surface area contributed by atoms with E-state index in [1.165, 1.54) is 12.7 Å². The molecular weight excluding hydrogens is 284 g/mol. The number of aryl methyl sites for hydroxylation is 3. The van der Waals surface area contributed by atoms with Gasteiger partial charge in [0.15, 0.2) is 0 Å². The van der Waals surface area contributed by atoms with Crippen LogP contribution in [0.15, 0.2) is 36.9 Å². The zero-order valence-corrected chi connectivity index (χ0v) is 12.8. The quantitative estimate of drug-likeness (QED) is 0.693. The molecule has 0 amide bonds. The molecule has 0 N–H and O–H groups in total. The van der Waals surface area contributed by atoms with Crippen LogP contribution < -0.4 is 0 Å². The van der Waals surface area contributed by atoms with Gasteiger partial charge in [-0.3, -0.25) is 0 Å². The first-order valence-electron chi connectivity index (χ1n) is 6.75. The first kappa shape index (κ1) is 13.8. The number of fused-ring (bicyclic) bond motifs is 1. The van der Waals surface area contributed by atoms with E-state index >= 15 is 0 Å². The summed E-state index contributed by atoms with van der Waals surface area (Å²) in [5.74, 6) is -0.259. The van der Waals surface area contributed by atoms with E-state index in [0.29, 0.717) is 5.56 Å². The molecule has 0 saturated heterocycles. The molecule has 4 nitrogen and oxygen atoms in total. The maximum atomic E-state index is 11.8. The number of esters is 1. The predicted molar refractivity (Wildman–Crippen MR) is 83.8 cm³/mol. The lowest BCUT2D eigenvalue weighted by atomic mass is 10.1. The van der Waals surface area contributed by atoms with Crippen molar-refractivity contribution in [2.24, 2.45) is 0 Å². The Hall–Kier alpha value is -2.14. The summed E-state index contributed by atoms with van der Waals surface area (Å²) in [6.45, 7) is 2.86. The molecule has 2 heterocycles. The SMILES string of the molecule is COC(=O)c1c(C)sc2cc(CCn3ccnc3)ccc12. The van der Waals surface area contributed by atoms with Crippen molar-refractivity contribution >= 4 is 27.4 Å². The highest BCUT2D eigenvalue weighted by Gasteiger charge is 2.16. The Balaban J connectivity index is 1.89. The molecule has 0 unspecified atom stereocenters. The number of imidazole rings is 1. The maximum absolute atomic E-state index is 11.8. The number of ether oxygens (including phenoxy) is 1. The van der Waals surface area contributed by atoms with Crippen molar-refractivity contribution in [2.45, 2.75) is 19.9 Å². The van der Waals surface area contributed by atoms with E-state index in [2.05, 4.69) is 21.7 Å². The third-order valence-corrected chi connectivity index (χ3v) is 4.61. The molecule has 0 saturated carbocycles. The third-order valence-electron chi connectivity index (χ3n) is 3.54. The second-order valence-electron chi connectivity index (χ2n) is 4.91. The number of hydrogen-bond acceptors (Lipinski definition) is 4. The highest BCUT2D eigenvalue weighted by Crippen LogP contribution is 2.32. The topological polar surface area (TPSA) is 44.1 Å². The van der Waals surface area contributed by atoms with E-state index in [-0.39, 0.29) is 5.97 Å². The Morgan fingerprint density at radius 3 is 3.00 bits per heavy atom. The van der Waals surface area contributed by atoms with Crippen LogP contribution in [0.25, 0.3) is 10.1 Å². The second-order valence-corrected chi connectivity index (χ2v) is 6.16. The average molecular weight is 300 g/mol. The van der Waals surface area contributed by atoms with E-state index in [9.17, 15) is 4.79 Å². The molecule has 2 aromatic heterocycles. The largest absolute Gasteiger partial charge is 0.465 e. The number of benzene rings is 1. The number of rotatable bonds is 4. The van der Waals surface area contributed by atoms with Gasteiger partial charge in [-0.1, -0.05) is 12.1 Å². The van der Waals surface area contributed by atoms with Gasteiger partial charge in [0.1, 0.15) is 0 Å². The molecule has 5 heteroatoms. The summed E-state index contributed by atoms with van der Waals surface area (Å²) in [5, 5.41) is 0.982. The number of thiophene rings is 1. The Kier molecular flexibility index (Phi) is 3.75. The maximum Gasteiger partial charge on any atom is 0.339 e. The third kappa shape index (κ3) is 2.69. The summed E-state index contributed by atoms with van der Waals surface area (Å²) >= 11 is 1.64. The number of aromatic nitrogens is 2. The van der Waals surface area contributed by atoms with Gasteiger partial charge in [0.05, 0.1) is 19.0 Å². The number of carbonyl (C=O) groups is 1. The minimum absolute atomic E-state index is 0.259. The van der Waals surface area contributed by atoms with Crippen LogP contribution in [0.4, 0.5) is 0 Å². The average Bonchev–Trinajstić information content (AvgIpc) is 3.10. The van der Waals surface area contributed by atoms with Crippen LogP contribution in [-0.4, -0.2) is 22.6 Å². The fourth-order valence-electron chi connectivity index (χ4n) is 2.45. The minimum atomic E-state index is -0.259. The molecule has 108 valence electrons. The molecule has 3 rings (SSSR count). The first-order chi connectivity index (χ1) is 10.2. The molecule has 21 heavy (non-hydrogen) atoms. The zero-order valence-electron chi connectivity index (χ0n) is 12.0. The number of nitrogens with zero attached hydrogens (tertiary/aromatic N) is 2. The van der Waals surface area contributed by atoms with Crippen molar-refractivity contribution in [1.82, 2.24) is 9.55 Å². The van der Waals surface area contributed by atoms with Crippen LogP contribution >= 0.6 is 11.3 Å². The first-order valence-corrected chi connectivity index (χ1v) is 7.57. The summed E-state index contributed by atoms with van der Waals surface area (Å²) in [4.78, 5) is 16.9. The number of methoxy groups -OCH3 is 1. The lowest BCUT2D eigenvalue weighted by molar-refractivity contribution is 0.0603. The van der Waals surface area contributed by atoms with Crippen molar-refractivity contribution in [1.29, 1.82) is 0 Å². The molecular formula is C16H16N2O2S. The van der Waals surface area contributed by atoms with E-state index in [4.69, 9.17) is 4.74 Å². The van der Waals surface area contributed by atoms with Crippen LogP contribution in [0.5, 0.6) is 0 Å². The fourth-order valence-corrected chi connectivity index (χ4v) is 3.57. The monoisotopic (exact) mass is 300 g/mol. The summed E-state index contributed by atoms with van der Waals surface area (Å²) in [6.07, 6.45) is 6.51. The van der Waals surface area contributed by atoms with Gasteiger partial charge in [-0.15, -0.1) is 11.3 Å². The molecule has 3 aromatic rings. The van der Waals surface area contributed by atoms with Gasteiger partial charge in [0.2, 0.25) is 0 Å². The summed E-state index contributed by atoms with van der Waals surface area (Å²) in [7, 11) is 1.42. The Morgan fingerprint density at radius 1 is 1.43 bits per heavy atom. The highest BCUT2D eigenvalue weighted by atomic mass is 32.1. The molecule has 0 atom stereocenters. The molecule has 1 aromatic carbocycles. The molecule has 0 aliphatic carbocycles. The van der Waals surface area contributed by atoms with Gasteiger partial charge < -0.3 is 9.30 Å². The lowest BCUT2D eigenvalue weighted by Gasteiger charge is -2.03. The van der Waals surface area contributed by atoms with Gasteiger partial charge in [-0.25, -0.2) is 9.78 Å². The van der Waals surface area contributed by atoms with Crippen molar-refractivity contribution in [3.63, 3.8) is 0 Å². The standard InChI is InChI=1S/C16H16N2O2S/c1-11-15(16(19)20-2)13-4-3-12(9-14(13)21-11)5-7-18-8-6-17-10-18/h3-4,6,8-10H,5,7H2,1-2H3. The summed E-state index contributed by atoms with van der Waals surface area (Å²) in [5.41, 5.74) is 1.95. The number of hydrogen-bond donors (Lipinski definition) is 0. The van der Waals surface area contributed by atoms with Crippen LogP contribution in [0, 0.1) is 6.92 Å². The van der Waals surface area contributed by atoms with E-state index in [1.807, 2.05) is 25.5 Å². The fraction of sp³-hybridized carbons (Fsp3) is 0.250. The molecule has 0 fully saturated rings. The molecule has 0 aliphatic rings. The Labute approximate surface area is 127 Å². The smallest absolute Gasteiger partial charge is 0.339 e. The normalized spacial score (nSPS) is 11.0. The van der Waals surface area contributed by atoms with Crippen molar-refractivity contribution in [2.75, 3.05) is 7.11 Å². The predicted octanol–water partition coefficient (Wildman–Crippen LogP) is 3.44. The minimum Gasteiger partial charge on any atom is -0.465 e. The van der Waals surface area contributed by atoms with E-state index < -0.39 is 0 Å². The Bertz CT molecular complexity index is 775. The van der Waals surface area contributed by atoms with Crippen LogP contribution in [0.3, 0.4) is 0 Å². The van der Waals surface area contributed by atoms with Gasteiger partial charge in [0, 0.05) is 33.9 Å². The van der Waals surface area contributed by atoms with Crippen LogP contribution in [0.1, 0.15) is 20.8 Å². The van der Waals surface area contributed by atoms with E-state index in [0.717, 1.165) is 27.9 Å². The molecule has 0 bridgehead atoms. The summed E-state index contributed by atoms with van der Waals surface area (Å²) < 4.78 is 8.06. The van der Waals surface area contributed by atoms with E-state index in [1.54, 1.807) is 17.5 Å². The summed E-state index contributed by atoms with van der Waals surface area (Å²) in [6, 6.07) is 6.27. The van der Waals surface area contributed by atoms with Crippen LogP contribution in [0.2, 0.25) is 0 Å².